The molecule has 45 heavy (non-hydrogen) atoms. The van der Waals surface area contributed by atoms with Crippen LogP contribution >= 0.6 is 23.2 Å². The van der Waals surface area contributed by atoms with Gasteiger partial charge in [0, 0.05) is 19.5 Å². The molecule has 236 valence electrons. The van der Waals surface area contributed by atoms with E-state index in [1.165, 1.54) is 4.90 Å². The van der Waals surface area contributed by atoms with Crippen molar-refractivity contribution in [3.05, 3.63) is 130 Å². The molecule has 0 heterocycles. The third kappa shape index (κ3) is 9.06. The Kier molecular flexibility index (Phi) is 12.0. The van der Waals surface area contributed by atoms with Gasteiger partial charge < -0.3 is 10.2 Å². The van der Waals surface area contributed by atoms with Crippen molar-refractivity contribution in [2.45, 2.75) is 43.7 Å². The molecule has 0 saturated carbocycles. The minimum atomic E-state index is -4.33. The summed E-state index contributed by atoms with van der Waals surface area (Å²) < 4.78 is 42.5. The number of nitrogens with zero attached hydrogens (tertiary/aromatic N) is 2. The lowest BCUT2D eigenvalue weighted by atomic mass is 10.0. The maximum atomic E-state index is 14.4. The van der Waals surface area contributed by atoms with Gasteiger partial charge >= 0.3 is 0 Å². The summed E-state index contributed by atoms with van der Waals surface area (Å²) >= 11 is 12.5. The summed E-state index contributed by atoms with van der Waals surface area (Å²) in [5, 5.41) is 3.55. The minimum Gasteiger partial charge on any atom is -0.354 e. The van der Waals surface area contributed by atoms with Crippen molar-refractivity contribution in [3.63, 3.8) is 0 Å². The maximum Gasteiger partial charge on any atom is 0.264 e. The van der Waals surface area contributed by atoms with Gasteiger partial charge in [-0.25, -0.2) is 12.8 Å². The van der Waals surface area contributed by atoms with Crippen molar-refractivity contribution in [1.29, 1.82) is 0 Å². The van der Waals surface area contributed by atoms with E-state index >= 15 is 0 Å². The van der Waals surface area contributed by atoms with Crippen LogP contribution in [-0.2, 0) is 32.6 Å². The Morgan fingerprint density at radius 2 is 1.49 bits per heavy atom. The molecule has 4 aromatic carbocycles. The van der Waals surface area contributed by atoms with Gasteiger partial charge in [0.15, 0.2) is 0 Å². The van der Waals surface area contributed by atoms with Crippen LogP contribution in [0.1, 0.15) is 30.9 Å². The maximum absolute atomic E-state index is 14.4. The number of hydrogen-bond acceptors (Lipinski definition) is 4. The fraction of sp³-hybridized carbons (Fsp3) is 0.235. The van der Waals surface area contributed by atoms with Gasteiger partial charge in [-0.3, -0.25) is 13.9 Å². The lowest BCUT2D eigenvalue weighted by molar-refractivity contribution is -0.140. The molecule has 0 saturated heterocycles. The molecule has 4 rings (SSSR count). The molecule has 0 bridgehead atoms. The van der Waals surface area contributed by atoms with E-state index in [0.29, 0.717) is 17.1 Å². The Morgan fingerprint density at radius 1 is 0.844 bits per heavy atom. The van der Waals surface area contributed by atoms with Gasteiger partial charge in [0.25, 0.3) is 10.0 Å². The highest BCUT2D eigenvalue weighted by molar-refractivity contribution is 7.92. The molecule has 0 aliphatic heterocycles. The number of sulfonamides is 1. The Bertz CT molecular complexity index is 1690. The Balaban J connectivity index is 1.78. The van der Waals surface area contributed by atoms with Crippen LogP contribution in [0.3, 0.4) is 0 Å². The first-order valence-electron chi connectivity index (χ1n) is 14.5. The number of benzene rings is 4. The summed E-state index contributed by atoms with van der Waals surface area (Å²) in [5.74, 6) is -1.59. The summed E-state index contributed by atoms with van der Waals surface area (Å²) in [6, 6.07) is 25.8. The highest BCUT2D eigenvalue weighted by Crippen LogP contribution is 2.27. The number of halogens is 3. The number of carbonyl (C=O) groups is 2. The molecule has 0 aliphatic carbocycles. The van der Waals surface area contributed by atoms with Gasteiger partial charge in [-0.05, 0) is 66.1 Å². The summed E-state index contributed by atoms with van der Waals surface area (Å²) in [4.78, 5) is 29.4. The predicted octanol–water partition coefficient (Wildman–Crippen LogP) is 6.88. The molecular weight excluding hydrogens is 636 g/mol. The molecule has 0 radical (unpaired) electrons. The monoisotopic (exact) mass is 669 g/mol. The Hall–Kier alpha value is -3.92. The molecule has 4 aromatic rings. The van der Waals surface area contributed by atoms with Crippen LogP contribution in [0.4, 0.5) is 10.1 Å². The molecule has 1 unspecified atom stereocenters. The SMILES string of the molecule is CCCCNC(=O)C(Cc1ccccc1)N(Cc1ccc(Cl)c(Cl)c1)C(=O)CN(c1ccccc1)S(=O)(=O)c1ccc(F)cc1. The van der Waals surface area contributed by atoms with Crippen LogP contribution in [0.2, 0.25) is 10.0 Å². The second kappa shape index (κ2) is 15.9. The van der Waals surface area contributed by atoms with Crippen molar-refractivity contribution in [3.8, 4) is 0 Å². The number of amides is 2. The number of hydrogen-bond donors (Lipinski definition) is 1. The van der Waals surface area contributed by atoms with Gasteiger partial charge in [0.1, 0.15) is 18.4 Å². The van der Waals surface area contributed by atoms with E-state index in [1.807, 2.05) is 37.3 Å². The first-order valence-corrected chi connectivity index (χ1v) is 16.7. The summed E-state index contributed by atoms with van der Waals surface area (Å²) in [6.07, 6.45) is 1.80. The summed E-state index contributed by atoms with van der Waals surface area (Å²) in [5.41, 5.74) is 1.65. The van der Waals surface area contributed by atoms with Gasteiger partial charge in [0.2, 0.25) is 11.8 Å². The first-order chi connectivity index (χ1) is 21.6. The second-order valence-corrected chi connectivity index (χ2v) is 13.1. The zero-order chi connectivity index (χ0) is 32.4. The lowest BCUT2D eigenvalue weighted by Gasteiger charge is -2.34. The number of para-hydroxylation sites is 1. The average molecular weight is 671 g/mol. The normalized spacial score (nSPS) is 11.9. The Labute approximate surface area is 273 Å². The van der Waals surface area contributed by atoms with Crippen molar-refractivity contribution in [1.82, 2.24) is 10.2 Å². The van der Waals surface area contributed by atoms with E-state index in [4.69, 9.17) is 23.2 Å². The number of carbonyl (C=O) groups excluding carboxylic acids is 2. The lowest BCUT2D eigenvalue weighted by Crippen LogP contribution is -2.53. The van der Waals surface area contributed by atoms with E-state index in [2.05, 4.69) is 5.32 Å². The molecular formula is C34H34Cl2FN3O4S. The van der Waals surface area contributed by atoms with Crippen LogP contribution in [0, 0.1) is 5.82 Å². The molecule has 11 heteroatoms. The van der Waals surface area contributed by atoms with E-state index in [9.17, 15) is 22.4 Å². The third-order valence-electron chi connectivity index (χ3n) is 7.16. The molecule has 1 atom stereocenters. The molecule has 0 aromatic heterocycles. The number of rotatable bonds is 14. The third-order valence-corrected chi connectivity index (χ3v) is 9.69. The largest absolute Gasteiger partial charge is 0.354 e. The molecule has 7 nitrogen and oxygen atoms in total. The molecule has 0 aliphatic rings. The fourth-order valence-corrected chi connectivity index (χ4v) is 6.49. The van der Waals surface area contributed by atoms with Gasteiger partial charge in [-0.1, -0.05) is 91.1 Å². The number of nitrogens with one attached hydrogen (secondary N) is 1. The van der Waals surface area contributed by atoms with Crippen LogP contribution in [0.25, 0.3) is 0 Å². The summed E-state index contributed by atoms with van der Waals surface area (Å²) in [7, 11) is -4.33. The molecule has 0 fully saturated rings. The van der Waals surface area contributed by atoms with Crippen molar-refractivity contribution in [2.75, 3.05) is 17.4 Å². The van der Waals surface area contributed by atoms with Crippen molar-refractivity contribution >= 4 is 50.7 Å². The highest BCUT2D eigenvalue weighted by atomic mass is 35.5. The number of unbranched alkanes of at least 4 members (excludes halogenated alkanes) is 1. The average Bonchev–Trinajstić information content (AvgIpc) is 3.04. The standard InChI is InChI=1S/C34H34Cl2FN3O4S/c1-2-3-20-38-34(42)32(22-25-10-6-4-7-11-25)39(23-26-14-19-30(35)31(36)21-26)33(41)24-40(28-12-8-5-9-13-28)45(43,44)29-17-15-27(37)16-18-29/h4-19,21,32H,2-3,20,22-24H2,1H3,(H,38,42). The van der Waals surface area contributed by atoms with Gasteiger partial charge in [0.05, 0.1) is 20.6 Å². The van der Waals surface area contributed by atoms with Crippen molar-refractivity contribution < 1.29 is 22.4 Å². The quantitative estimate of drug-likeness (QED) is 0.148. The molecule has 2 amide bonds. The smallest absolute Gasteiger partial charge is 0.264 e. The first kappa shape index (κ1) is 34.0. The van der Waals surface area contributed by atoms with E-state index in [-0.39, 0.29) is 34.5 Å². The van der Waals surface area contributed by atoms with E-state index in [0.717, 1.165) is 47.0 Å². The van der Waals surface area contributed by atoms with Crippen molar-refractivity contribution in [2.24, 2.45) is 0 Å². The summed E-state index contributed by atoms with van der Waals surface area (Å²) in [6.45, 7) is 1.75. The topological polar surface area (TPSA) is 86.8 Å². The highest BCUT2D eigenvalue weighted by Gasteiger charge is 2.34. The van der Waals surface area contributed by atoms with E-state index in [1.54, 1.807) is 48.5 Å². The van der Waals surface area contributed by atoms with Gasteiger partial charge in [-0.15, -0.1) is 0 Å². The fourth-order valence-electron chi connectivity index (χ4n) is 4.75. The zero-order valence-corrected chi connectivity index (χ0v) is 27.0. The second-order valence-electron chi connectivity index (χ2n) is 10.4. The van der Waals surface area contributed by atoms with E-state index < -0.39 is 34.3 Å². The number of anilines is 1. The van der Waals surface area contributed by atoms with Crippen LogP contribution in [0.15, 0.2) is 108 Å². The molecule has 1 N–H and O–H groups in total. The minimum absolute atomic E-state index is 0.0480. The van der Waals surface area contributed by atoms with Crippen LogP contribution in [0.5, 0.6) is 0 Å². The van der Waals surface area contributed by atoms with Crippen LogP contribution in [-0.4, -0.2) is 44.3 Å². The zero-order valence-electron chi connectivity index (χ0n) is 24.7. The Morgan fingerprint density at radius 3 is 2.11 bits per heavy atom. The molecule has 0 spiro atoms. The predicted molar refractivity (Wildman–Crippen MR) is 176 cm³/mol. The van der Waals surface area contributed by atoms with Gasteiger partial charge in [-0.2, -0.15) is 0 Å². The van der Waals surface area contributed by atoms with Crippen LogP contribution < -0.4 is 9.62 Å².